The van der Waals surface area contributed by atoms with Crippen molar-refractivity contribution in [3.63, 3.8) is 0 Å². The molecule has 2 amide bonds. The first-order chi connectivity index (χ1) is 18.1. The van der Waals surface area contributed by atoms with E-state index in [1.165, 1.54) is 25.9 Å². The third-order valence-corrected chi connectivity index (χ3v) is 9.10. The maximum atomic E-state index is 14.0. The number of nitrogens with zero attached hydrogens (tertiary/aromatic N) is 3. The van der Waals surface area contributed by atoms with Crippen molar-refractivity contribution in [1.82, 2.24) is 20.0 Å². The first-order valence-corrected chi connectivity index (χ1v) is 15.4. The van der Waals surface area contributed by atoms with Crippen LogP contribution in [0.4, 0.5) is 0 Å². The van der Waals surface area contributed by atoms with Crippen LogP contribution in [0.1, 0.15) is 80.1 Å². The number of carbonyl (C=O) groups excluding carboxylic acids is 2. The maximum absolute atomic E-state index is 14.0. The molecule has 0 aliphatic carbocycles. The van der Waals surface area contributed by atoms with Crippen molar-refractivity contribution in [2.24, 2.45) is 23.7 Å². The van der Waals surface area contributed by atoms with Crippen molar-refractivity contribution in [2.75, 3.05) is 52.5 Å². The Labute approximate surface area is 231 Å². The molecule has 218 valence electrons. The zero-order valence-electron chi connectivity index (χ0n) is 24.9. The number of piperidine rings is 2. The molecule has 0 aromatic carbocycles. The quantitative estimate of drug-likeness (QED) is 0.515. The van der Waals surface area contributed by atoms with Gasteiger partial charge in [-0.3, -0.25) is 9.59 Å². The molecular weight excluding hydrogens is 480 g/mol. The van der Waals surface area contributed by atoms with Gasteiger partial charge in [-0.25, -0.2) is 0 Å². The predicted octanol–water partition coefficient (Wildman–Crippen LogP) is 3.35. The highest BCUT2D eigenvalue weighted by atomic mass is 16.7. The second kappa shape index (κ2) is 13.0. The Hall–Kier alpha value is -1.22. The van der Waals surface area contributed by atoms with E-state index in [-0.39, 0.29) is 23.9 Å². The largest absolute Gasteiger partial charge is 0.349 e. The summed E-state index contributed by atoms with van der Waals surface area (Å²) >= 11 is 0. The van der Waals surface area contributed by atoms with Crippen molar-refractivity contribution >= 4 is 11.8 Å². The van der Waals surface area contributed by atoms with Crippen molar-refractivity contribution in [3.8, 4) is 0 Å². The molecular formula is C30H54N4O4. The molecule has 1 spiro atoms. The third kappa shape index (κ3) is 7.29. The minimum Gasteiger partial charge on any atom is -0.349 e. The van der Waals surface area contributed by atoms with E-state index < -0.39 is 11.8 Å². The summed E-state index contributed by atoms with van der Waals surface area (Å²) in [6.07, 6.45) is 5.44. The molecule has 4 heterocycles. The van der Waals surface area contributed by atoms with E-state index in [1.54, 1.807) is 0 Å². The van der Waals surface area contributed by atoms with Crippen LogP contribution in [0.25, 0.3) is 0 Å². The number of amides is 2. The number of nitrogens with one attached hydrogen (secondary N) is 1. The Morgan fingerprint density at radius 2 is 1.71 bits per heavy atom. The van der Waals surface area contributed by atoms with Gasteiger partial charge < -0.3 is 29.5 Å². The van der Waals surface area contributed by atoms with Gasteiger partial charge in [0, 0.05) is 51.0 Å². The highest BCUT2D eigenvalue weighted by Crippen LogP contribution is 2.36. The van der Waals surface area contributed by atoms with Crippen molar-refractivity contribution in [3.05, 3.63) is 0 Å². The number of ether oxygens (including phenoxy) is 2. The van der Waals surface area contributed by atoms with Gasteiger partial charge in [-0.1, -0.05) is 34.6 Å². The van der Waals surface area contributed by atoms with Crippen molar-refractivity contribution < 1.29 is 19.1 Å². The molecule has 4 rings (SSSR count). The van der Waals surface area contributed by atoms with E-state index in [4.69, 9.17) is 9.47 Å². The molecule has 4 aliphatic rings. The first kappa shape index (κ1) is 29.8. The number of hydrogen-bond donors (Lipinski definition) is 1. The van der Waals surface area contributed by atoms with Crippen LogP contribution in [0.2, 0.25) is 0 Å². The lowest BCUT2D eigenvalue weighted by Gasteiger charge is -2.50. The van der Waals surface area contributed by atoms with E-state index in [9.17, 15) is 9.59 Å². The average Bonchev–Trinajstić information content (AvgIpc) is 2.86. The molecule has 1 N–H and O–H groups in total. The van der Waals surface area contributed by atoms with Gasteiger partial charge in [-0.05, 0) is 63.5 Å². The summed E-state index contributed by atoms with van der Waals surface area (Å²) in [5.74, 6) is 1.60. The highest BCUT2D eigenvalue weighted by molar-refractivity contribution is 5.90. The minimum absolute atomic E-state index is 0.00974. The van der Waals surface area contributed by atoms with Crippen LogP contribution in [-0.4, -0.2) is 103 Å². The Morgan fingerprint density at radius 1 is 1.03 bits per heavy atom. The fourth-order valence-electron chi connectivity index (χ4n) is 6.83. The molecule has 0 radical (unpaired) electrons. The molecule has 8 heteroatoms. The van der Waals surface area contributed by atoms with Crippen LogP contribution in [-0.2, 0) is 19.1 Å². The summed E-state index contributed by atoms with van der Waals surface area (Å²) in [7, 11) is 0. The molecule has 38 heavy (non-hydrogen) atoms. The standard InChI is InChI=1S/C30H54N4O4/c1-21(2)15-26-28(35)34(14-10-31-26)27(16-22(3)4)29(36)33-13-9-30(17-24(33)6)37-19-25(20-38-30)18-32-11-7-23(5)8-12-32/h21-27,31H,7-20H2,1-6H3/t24-,25?,26-,27-,30?/m0/s1. The molecule has 0 aromatic heterocycles. The molecule has 4 saturated heterocycles. The summed E-state index contributed by atoms with van der Waals surface area (Å²) in [5.41, 5.74) is 0. The monoisotopic (exact) mass is 534 g/mol. The summed E-state index contributed by atoms with van der Waals surface area (Å²) < 4.78 is 12.9. The molecule has 4 aliphatic heterocycles. The van der Waals surface area contributed by atoms with Gasteiger partial charge in [-0.15, -0.1) is 0 Å². The second-order valence-electron chi connectivity index (χ2n) is 13.5. The van der Waals surface area contributed by atoms with E-state index in [1.807, 2.05) is 9.80 Å². The third-order valence-electron chi connectivity index (χ3n) is 9.10. The number of rotatable bonds is 8. The van der Waals surface area contributed by atoms with Gasteiger partial charge in [0.1, 0.15) is 6.04 Å². The Bertz CT molecular complexity index is 789. The Balaban J connectivity index is 1.34. The van der Waals surface area contributed by atoms with Crippen LogP contribution >= 0.6 is 0 Å². The van der Waals surface area contributed by atoms with Crippen LogP contribution in [0, 0.1) is 23.7 Å². The summed E-state index contributed by atoms with van der Waals surface area (Å²) in [6, 6.07) is -0.588. The van der Waals surface area contributed by atoms with Gasteiger partial charge >= 0.3 is 0 Å². The molecule has 0 saturated carbocycles. The second-order valence-corrected chi connectivity index (χ2v) is 13.5. The number of piperazine rings is 1. The maximum Gasteiger partial charge on any atom is 0.245 e. The molecule has 0 unspecified atom stereocenters. The van der Waals surface area contributed by atoms with Crippen molar-refractivity contribution in [2.45, 2.75) is 104 Å². The van der Waals surface area contributed by atoms with Gasteiger partial charge in [0.05, 0.1) is 19.3 Å². The van der Waals surface area contributed by atoms with Gasteiger partial charge in [0.2, 0.25) is 11.8 Å². The molecule has 4 fully saturated rings. The highest BCUT2D eigenvalue weighted by Gasteiger charge is 2.47. The van der Waals surface area contributed by atoms with Crippen LogP contribution in [0.5, 0.6) is 0 Å². The molecule has 0 bridgehead atoms. The predicted molar refractivity (Wildman–Crippen MR) is 150 cm³/mol. The summed E-state index contributed by atoms with van der Waals surface area (Å²) in [5, 5.41) is 3.38. The number of hydrogen-bond acceptors (Lipinski definition) is 6. The van der Waals surface area contributed by atoms with E-state index >= 15 is 0 Å². The first-order valence-electron chi connectivity index (χ1n) is 15.4. The van der Waals surface area contributed by atoms with Gasteiger partial charge in [0.15, 0.2) is 5.79 Å². The summed E-state index contributed by atoms with van der Waals surface area (Å²) in [6.45, 7) is 19.8. The molecule has 8 nitrogen and oxygen atoms in total. The summed E-state index contributed by atoms with van der Waals surface area (Å²) in [4.78, 5) is 33.9. The van der Waals surface area contributed by atoms with Crippen LogP contribution < -0.4 is 5.32 Å². The molecule has 3 atom stereocenters. The number of likely N-dealkylation sites (tertiary alicyclic amines) is 2. The number of carbonyl (C=O) groups is 2. The average molecular weight is 535 g/mol. The topological polar surface area (TPSA) is 74.3 Å². The zero-order valence-corrected chi connectivity index (χ0v) is 24.9. The SMILES string of the molecule is CC(C)C[C@@H]1NCCN([C@@H](CC(C)C)C(=O)N2CCC3(C[C@@H]2C)OCC(CN2CCC(C)CC2)CO3)C1=O. The Morgan fingerprint density at radius 3 is 2.32 bits per heavy atom. The van der Waals surface area contributed by atoms with E-state index in [2.05, 4.69) is 51.8 Å². The van der Waals surface area contributed by atoms with Gasteiger partial charge in [-0.2, -0.15) is 0 Å². The lowest BCUT2D eigenvalue weighted by Crippen LogP contribution is -2.64. The normalized spacial score (nSPS) is 32.9. The molecule has 0 aromatic rings. The minimum atomic E-state index is -0.579. The van der Waals surface area contributed by atoms with Crippen LogP contribution in [0.15, 0.2) is 0 Å². The van der Waals surface area contributed by atoms with E-state index in [0.717, 1.165) is 38.6 Å². The smallest absolute Gasteiger partial charge is 0.245 e. The fraction of sp³-hybridized carbons (Fsp3) is 0.933. The van der Waals surface area contributed by atoms with E-state index in [0.29, 0.717) is 50.1 Å². The van der Waals surface area contributed by atoms with Gasteiger partial charge in [0.25, 0.3) is 0 Å². The lowest BCUT2D eigenvalue weighted by atomic mass is 9.92. The van der Waals surface area contributed by atoms with Crippen molar-refractivity contribution in [1.29, 1.82) is 0 Å². The lowest BCUT2D eigenvalue weighted by molar-refractivity contribution is -0.303. The fourth-order valence-corrected chi connectivity index (χ4v) is 6.83. The Kier molecular flexibility index (Phi) is 10.2. The zero-order chi connectivity index (χ0) is 27.4. The van der Waals surface area contributed by atoms with Crippen LogP contribution in [0.3, 0.4) is 0 Å².